The normalized spacial score (nSPS) is 12.0. The molecule has 6 heteroatoms. The first-order chi connectivity index (χ1) is 7.15. The summed E-state index contributed by atoms with van der Waals surface area (Å²) in [6.45, 7) is 2.70. The average Bonchev–Trinajstić information content (AvgIpc) is 2.67. The van der Waals surface area contributed by atoms with Gasteiger partial charge in [-0.1, -0.05) is 12.1 Å². The zero-order valence-corrected chi connectivity index (χ0v) is 10.5. The van der Waals surface area contributed by atoms with E-state index < -0.39 is 0 Å². The number of halogens is 2. The van der Waals surface area contributed by atoms with Gasteiger partial charge in [0.25, 0.3) is 0 Å². The zero-order chi connectivity index (χ0) is 11.3. The van der Waals surface area contributed by atoms with Gasteiger partial charge in [-0.15, -0.1) is 28.3 Å². The van der Waals surface area contributed by atoms with Gasteiger partial charge in [-0.05, 0) is 6.42 Å². The molecule has 0 bridgehead atoms. The second-order valence-corrected chi connectivity index (χ2v) is 4.17. The maximum Gasteiger partial charge on any atom is 0.0964 e. The molecule has 86 valence electrons. The molecule has 1 rings (SSSR count). The number of nitrogens with one attached hydrogen (secondary N) is 1. The van der Waals surface area contributed by atoms with Crippen LogP contribution in [-0.2, 0) is 13.6 Å². The molecule has 0 fully saturated rings. The molecule has 0 radical (unpaired) electrons. The number of hydrogen-bond acceptors (Lipinski definition) is 3. The Morgan fingerprint density at radius 1 is 1.47 bits per heavy atom. The summed E-state index contributed by atoms with van der Waals surface area (Å²) in [5, 5.41) is 11.2. The Hall–Kier alpha value is -0.320. The van der Waals surface area contributed by atoms with Crippen LogP contribution < -0.4 is 5.32 Å². The first-order valence-corrected chi connectivity index (χ1v) is 5.95. The van der Waals surface area contributed by atoms with Crippen LogP contribution >= 0.6 is 23.2 Å². The highest BCUT2D eigenvalue weighted by atomic mass is 35.5. The Morgan fingerprint density at radius 3 is 2.53 bits per heavy atom. The second-order valence-electron chi connectivity index (χ2n) is 3.64. The molecule has 1 aromatic rings. The monoisotopic (exact) mass is 250 g/mol. The van der Waals surface area contributed by atoms with Crippen molar-refractivity contribution >= 4 is 23.2 Å². The summed E-state index contributed by atoms with van der Waals surface area (Å²) in [6.07, 6.45) is 2.76. The summed E-state index contributed by atoms with van der Waals surface area (Å²) in [7, 11) is 1.84. The third kappa shape index (κ3) is 3.33. The maximum absolute atomic E-state index is 5.91. The second kappa shape index (κ2) is 5.68. The van der Waals surface area contributed by atoms with Gasteiger partial charge in [0.1, 0.15) is 0 Å². The van der Waals surface area contributed by atoms with Crippen LogP contribution in [0.15, 0.2) is 6.20 Å². The fourth-order valence-electron chi connectivity index (χ4n) is 1.20. The maximum atomic E-state index is 5.91. The van der Waals surface area contributed by atoms with Crippen LogP contribution in [0.4, 0.5) is 0 Å². The van der Waals surface area contributed by atoms with Crippen molar-refractivity contribution in [2.45, 2.75) is 25.4 Å². The summed E-state index contributed by atoms with van der Waals surface area (Å²) >= 11 is 11.8. The summed E-state index contributed by atoms with van der Waals surface area (Å²) in [4.78, 5) is 0. The van der Waals surface area contributed by atoms with Gasteiger partial charge in [0, 0.05) is 37.1 Å². The Bertz CT molecular complexity index is 288. The smallest absolute Gasteiger partial charge is 0.0964 e. The molecule has 1 aromatic heterocycles. The predicted molar refractivity (Wildman–Crippen MR) is 62.3 cm³/mol. The summed E-state index contributed by atoms with van der Waals surface area (Å²) in [6, 6.07) is 0. The molecule has 0 unspecified atom stereocenters. The quantitative estimate of drug-likeness (QED) is 0.780. The standard InChI is InChI=1S/C9H16Cl2N4/c1-3-9(6-10,7-11)12-4-8-5-15(2)14-13-8/h5,12H,3-4,6-7H2,1-2H3. The topological polar surface area (TPSA) is 42.7 Å². The predicted octanol–water partition coefficient (Wildman–Crippen LogP) is 1.53. The van der Waals surface area contributed by atoms with Crippen LogP contribution in [0.2, 0.25) is 0 Å². The number of rotatable bonds is 6. The SMILES string of the molecule is CCC(CCl)(CCl)NCc1cn(C)nn1. The van der Waals surface area contributed by atoms with Gasteiger partial charge in [-0.2, -0.15) is 0 Å². The van der Waals surface area contributed by atoms with Crippen LogP contribution in [0, 0.1) is 0 Å². The van der Waals surface area contributed by atoms with Crippen molar-refractivity contribution in [1.29, 1.82) is 0 Å². The highest BCUT2D eigenvalue weighted by molar-refractivity contribution is 6.22. The van der Waals surface area contributed by atoms with Gasteiger partial charge in [-0.25, -0.2) is 0 Å². The third-order valence-electron chi connectivity index (χ3n) is 2.48. The molecule has 0 amide bonds. The van der Waals surface area contributed by atoms with Crippen molar-refractivity contribution < 1.29 is 0 Å². The van der Waals surface area contributed by atoms with Crippen molar-refractivity contribution in [3.05, 3.63) is 11.9 Å². The van der Waals surface area contributed by atoms with E-state index in [2.05, 4.69) is 22.6 Å². The molecular weight excluding hydrogens is 235 g/mol. The lowest BCUT2D eigenvalue weighted by atomic mass is 10.0. The molecule has 0 aliphatic carbocycles. The van der Waals surface area contributed by atoms with E-state index in [4.69, 9.17) is 23.2 Å². The zero-order valence-electron chi connectivity index (χ0n) is 9.00. The first-order valence-electron chi connectivity index (χ1n) is 4.88. The lowest BCUT2D eigenvalue weighted by molar-refractivity contribution is 0.382. The highest BCUT2D eigenvalue weighted by Gasteiger charge is 2.25. The molecule has 1 N–H and O–H groups in total. The van der Waals surface area contributed by atoms with E-state index in [1.54, 1.807) is 4.68 Å². The van der Waals surface area contributed by atoms with E-state index >= 15 is 0 Å². The first kappa shape index (κ1) is 12.7. The average molecular weight is 251 g/mol. The molecule has 0 saturated carbocycles. The van der Waals surface area contributed by atoms with E-state index in [0.29, 0.717) is 18.3 Å². The Morgan fingerprint density at radius 2 is 2.13 bits per heavy atom. The Labute approximate surface area is 99.9 Å². The van der Waals surface area contributed by atoms with Crippen molar-refractivity contribution in [2.75, 3.05) is 11.8 Å². The van der Waals surface area contributed by atoms with Gasteiger partial charge in [-0.3, -0.25) is 4.68 Å². The van der Waals surface area contributed by atoms with Crippen LogP contribution in [-0.4, -0.2) is 32.3 Å². The van der Waals surface area contributed by atoms with E-state index in [1.165, 1.54) is 0 Å². The fraction of sp³-hybridized carbons (Fsp3) is 0.778. The molecule has 1 heterocycles. The minimum atomic E-state index is -0.208. The largest absolute Gasteiger partial charge is 0.303 e. The lowest BCUT2D eigenvalue weighted by Crippen LogP contribution is -2.47. The molecular formula is C9H16Cl2N4. The molecule has 4 nitrogen and oxygen atoms in total. The van der Waals surface area contributed by atoms with Gasteiger partial charge in [0.05, 0.1) is 5.69 Å². The van der Waals surface area contributed by atoms with Crippen molar-refractivity contribution in [2.24, 2.45) is 7.05 Å². The van der Waals surface area contributed by atoms with E-state index in [1.807, 2.05) is 13.2 Å². The molecule has 0 spiro atoms. The van der Waals surface area contributed by atoms with Gasteiger partial charge in [0.15, 0.2) is 0 Å². The fourth-order valence-corrected chi connectivity index (χ4v) is 2.05. The van der Waals surface area contributed by atoms with E-state index in [9.17, 15) is 0 Å². The molecule has 0 aliphatic heterocycles. The molecule has 0 aliphatic rings. The van der Waals surface area contributed by atoms with Crippen LogP contribution in [0.5, 0.6) is 0 Å². The number of aryl methyl sites for hydroxylation is 1. The van der Waals surface area contributed by atoms with Gasteiger partial charge < -0.3 is 5.32 Å². The summed E-state index contributed by atoms with van der Waals surface area (Å²) in [5.41, 5.74) is 0.686. The molecule has 15 heavy (non-hydrogen) atoms. The van der Waals surface area contributed by atoms with Gasteiger partial charge >= 0.3 is 0 Å². The number of nitrogens with zero attached hydrogens (tertiary/aromatic N) is 3. The van der Waals surface area contributed by atoms with E-state index in [-0.39, 0.29) is 5.54 Å². The number of aromatic nitrogens is 3. The molecule has 0 aromatic carbocycles. The minimum Gasteiger partial charge on any atom is -0.303 e. The van der Waals surface area contributed by atoms with Crippen LogP contribution in [0.25, 0.3) is 0 Å². The number of hydrogen-bond donors (Lipinski definition) is 1. The van der Waals surface area contributed by atoms with Crippen molar-refractivity contribution in [3.63, 3.8) is 0 Å². The van der Waals surface area contributed by atoms with Crippen molar-refractivity contribution in [1.82, 2.24) is 20.3 Å². The Balaban J connectivity index is 2.54. The molecule has 0 atom stereocenters. The van der Waals surface area contributed by atoms with Crippen LogP contribution in [0.3, 0.4) is 0 Å². The van der Waals surface area contributed by atoms with Gasteiger partial charge in [0.2, 0.25) is 0 Å². The summed E-state index contributed by atoms with van der Waals surface area (Å²) < 4.78 is 1.67. The van der Waals surface area contributed by atoms with Crippen LogP contribution in [0.1, 0.15) is 19.0 Å². The minimum absolute atomic E-state index is 0.208. The molecule has 0 saturated heterocycles. The van der Waals surface area contributed by atoms with Crippen molar-refractivity contribution in [3.8, 4) is 0 Å². The summed E-state index contributed by atoms with van der Waals surface area (Å²) in [5.74, 6) is 0.987. The third-order valence-corrected chi connectivity index (χ3v) is 3.51. The number of alkyl halides is 2. The highest BCUT2D eigenvalue weighted by Crippen LogP contribution is 2.15. The Kier molecular flexibility index (Phi) is 4.83. The van der Waals surface area contributed by atoms with E-state index in [0.717, 1.165) is 12.1 Å². The lowest BCUT2D eigenvalue weighted by Gasteiger charge is -2.29.